The quantitative estimate of drug-likeness (QED) is 0.705. The van der Waals surface area contributed by atoms with Crippen molar-refractivity contribution in [2.45, 2.75) is 19.3 Å². The number of rotatable bonds is 3. The standard InChI is InChI=1S/C11H14ClFO/c1-11(2,7-12)8-4-5-10(14-3)9(13)6-8/h4-6H,7H2,1-3H3. The molecule has 14 heavy (non-hydrogen) atoms. The van der Waals surface area contributed by atoms with E-state index < -0.39 is 0 Å². The highest BCUT2D eigenvalue weighted by molar-refractivity contribution is 6.18. The third-order valence-corrected chi connectivity index (χ3v) is 2.94. The lowest BCUT2D eigenvalue weighted by molar-refractivity contribution is 0.385. The van der Waals surface area contributed by atoms with Crippen molar-refractivity contribution in [1.29, 1.82) is 0 Å². The predicted molar refractivity (Wildman–Crippen MR) is 56.7 cm³/mol. The summed E-state index contributed by atoms with van der Waals surface area (Å²) < 4.78 is 18.2. The first-order chi connectivity index (χ1) is 6.51. The van der Waals surface area contributed by atoms with Crippen molar-refractivity contribution in [1.82, 2.24) is 0 Å². The van der Waals surface area contributed by atoms with Gasteiger partial charge in [0.25, 0.3) is 0 Å². The first kappa shape index (κ1) is 11.3. The number of hydrogen-bond donors (Lipinski definition) is 0. The number of alkyl halides is 1. The maximum absolute atomic E-state index is 13.3. The molecular weight excluding hydrogens is 203 g/mol. The Morgan fingerprint density at radius 2 is 2.07 bits per heavy atom. The van der Waals surface area contributed by atoms with Crippen LogP contribution in [-0.2, 0) is 5.41 Å². The van der Waals surface area contributed by atoms with Crippen molar-refractivity contribution in [3.8, 4) is 5.75 Å². The van der Waals surface area contributed by atoms with Crippen LogP contribution in [0.1, 0.15) is 19.4 Å². The summed E-state index contributed by atoms with van der Waals surface area (Å²) in [5.74, 6) is 0.376. The summed E-state index contributed by atoms with van der Waals surface area (Å²) >= 11 is 5.80. The fraction of sp³-hybridized carbons (Fsp3) is 0.455. The van der Waals surface area contributed by atoms with Crippen LogP contribution in [0.3, 0.4) is 0 Å². The van der Waals surface area contributed by atoms with Gasteiger partial charge >= 0.3 is 0 Å². The number of halogens is 2. The van der Waals surface area contributed by atoms with Crippen LogP contribution in [0.25, 0.3) is 0 Å². The number of methoxy groups -OCH3 is 1. The van der Waals surface area contributed by atoms with Crippen molar-refractivity contribution in [2.75, 3.05) is 13.0 Å². The van der Waals surface area contributed by atoms with Gasteiger partial charge in [0.2, 0.25) is 0 Å². The van der Waals surface area contributed by atoms with E-state index >= 15 is 0 Å². The largest absolute Gasteiger partial charge is 0.494 e. The normalized spacial score (nSPS) is 11.5. The maximum atomic E-state index is 13.3. The topological polar surface area (TPSA) is 9.23 Å². The molecule has 0 N–H and O–H groups in total. The molecule has 0 aromatic heterocycles. The molecule has 0 bridgehead atoms. The average Bonchev–Trinajstić information content (AvgIpc) is 2.17. The highest BCUT2D eigenvalue weighted by Gasteiger charge is 2.20. The Bertz CT molecular complexity index is 323. The zero-order valence-electron chi connectivity index (χ0n) is 8.60. The van der Waals surface area contributed by atoms with Gasteiger partial charge in [0.05, 0.1) is 7.11 Å². The molecular formula is C11H14ClFO. The van der Waals surface area contributed by atoms with Crippen LogP contribution in [0.15, 0.2) is 18.2 Å². The van der Waals surface area contributed by atoms with Crippen LogP contribution in [-0.4, -0.2) is 13.0 Å². The Balaban J connectivity index is 3.08. The molecule has 0 fully saturated rings. The van der Waals surface area contributed by atoms with Crippen molar-refractivity contribution >= 4 is 11.6 Å². The lowest BCUT2D eigenvalue weighted by atomic mass is 9.87. The number of ether oxygens (including phenoxy) is 1. The van der Waals surface area contributed by atoms with Gasteiger partial charge in [-0.1, -0.05) is 19.9 Å². The minimum absolute atomic E-state index is 0.214. The molecule has 0 saturated carbocycles. The fourth-order valence-corrected chi connectivity index (χ4v) is 1.32. The predicted octanol–water partition coefficient (Wildman–Crippen LogP) is 3.35. The minimum atomic E-state index is -0.344. The molecule has 0 unspecified atom stereocenters. The SMILES string of the molecule is COc1ccc(C(C)(C)CCl)cc1F. The van der Waals surface area contributed by atoms with E-state index in [9.17, 15) is 4.39 Å². The van der Waals surface area contributed by atoms with E-state index in [1.54, 1.807) is 6.07 Å². The molecule has 0 aliphatic rings. The second-order valence-electron chi connectivity index (χ2n) is 3.87. The van der Waals surface area contributed by atoms with E-state index in [2.05, 4.69) is 0 Å². The van der Waals surface area contributed by atoms with E-state index in [1.807, 2.05) is 19.9 Å². The maximum Gasteiger partial charge on any atom is 0.165 e. The fourth-order valence-electron chi connectivity index (χ4n) is 1.16. The van der Waals surface area contributed by atoms with Crippen LogP contribution in [0, 0.1) is 5.82 Å². The van der Waals surface area contributed by atoms with Gasteiger partial charge in [0.15, 0.2) is 11.6 Å². The molecule has 3 heteroatoms. The molecule has 0 amide bonds. The summed E-state index contributed by atoms with van der Waals surface area (Å²) in [6.07, 6.45) is 0. The van der Waals surface area contributed by atoms with Gasteiger partial charge < -0.3 is 4.74 Å². The van der Waals surface area contributed by atoms with Crippen LogP contribution in [0.5, 0.6) is 5.75 Å². The van der Waals surface area contributed by atoms with Crippen LogP contribution in [0.2, 0.25) is 0 Å². The van der Waals surface area contributed by atoms with E-state index in [0.717, 1.165) is 5.56 Å². The Kier molecular flexibility index (Phi) is 3.38. The highest BCUT2D eigenvalue weighted by Crippen LogP contribution is 2.28. The van der Waals surface area contributed by atoms with E-state index in [0.29, 0.717) is 5.88 Å². The Labute approximate surface area is 88.8 Å². The lowest BCUT2D eigenvalue weighted by Gasteiger charge is -2.22. The minimum Gasteiger partial charge on any atom is -0.494 e. The molecule has 0 radical (unpaired) electrons. The Morgan fingerprint density at radius 1 is 1.43 bits per heavy atom. The van der Waals surface area contributed by atoms with Gasteiger partial charge in [0.1, 0.15) is 0 Å². The third-order valence-electron chi connectivity index (χ3n) is 2.27. The summed E-state index contributed by atoms with van der Waals surface area (Å²) in [5.41, 5.74) is 0.667. The van der Waals surface area contributed by atoms with Gasteiger partial charge in [-0.25, -0.2) is 4.39 Å². The Morgan fingerprint density at radius 3 is 2.50 bits per heavy atom. The zero-order chi connectivity index (χ0) is 10.8. The van der Waals surface area contributed by atoms with Gasteiger partial charge in [-0.05, 0) is 17.7 Å². The van der Waals surface area contributed by atoms with Gasteiger partial charge in [0, 0.05) is 11.3 Å². The Hall–Kier alpha value is -0.760. The highest BCUT2D eigenvalue weighted by atomic mass is 35.5. The van der Waals surface area contributed by atoms with Gasteiger partial charge in [-0.3, -0.25) is 0 Å². The third kappa shape index (κ3) is 2.18. The molecule has 0 aliphatic heterocycles. The average molecular weight is 217 g/mol. The van der Waals surface area contributed by atoms with Gasteiger partial charge in [-0.2, -0.15) is 0 Å². The number of benzene rings is 1. The van der Waals surface area contributed by atoms with E-state index in [1.165, 1.54) is 13.2 Å². The van der Waals surface area contributed by atoms with Crippen LogP contribution in [0.4, 0.5) is 4.39 Å². The summed E-state index contributed by atoms with van der Waals surface area (Å²) in [6.45, 7) is 3.95. The monoisotopic (exact) mass is 216 g/mol. The molecule has 0 spiro atoms. The van der Waals surface area contributed by atoms with Crippen LogP contribution < -0.4 is 4.74 Å². The molecule has 1 aromatic carbocycles. The lowest BCUT2D eigenvalue weighted by Crippen LogP contribution is -2.19. The molecule has 0 saturated heterocycles. The van der Waals surface area contributed by atoms with Crippen molar-refractivity contribution in [2.24, 2.45) is 0 Å². The first-order valence-electron chi connectivity index (χ1n) is 4.41. The van der Waals surface area contributed by atoms with Gasteiger partial charge in [-0.15, -0.1) is 11.6 Å². The van der Waals surface area contributed by atoms with Crippen molar-refractivity contribution in [3.63, 3.8) is 0 Å². The molecule has 78 valence electrons. The van der Waals surface area contributed by atoms with Crippen LogP contribution >= 0.6 is 11.6 Å². The smallest absolute Gasteiger partial charge is 0.165 e. The molecule has 0 aliphatic carbocycles. The first-order valence-corrected chi connectivity index (χ1v) is 4.94. The molecule has 1 rings (SSSR count). The van der Waals surface area contributed by atoms with E-state index in [-0.39, 0.29) is 17.0 Å². The molecule has 1 aromatic rings. The molecule has 0 atom stereocenters. The summed E-state index contributed by atoms with van der Waals surface area (Å²) in [7, 11) is 1.45. The molecule has 1 nitrogen and oxygen atoms in total. The second-order valence-corrected chi connectivity index (χ2v) is 4.13. The summed E-state index contributed by atoms with van der Waals surface area (Å²) in [6, 6.07) is 4.93. The zero-order valence-corrected chi connectivity index (χ0v) is 9.36. The molecule has 0 heterocycles. The second kappa shape index (κ2) is 4.18. The summed E-state index contributed by atoms with van der Waals surface area (Å²) in [4.78, 5) is 0. The number of hydrogen-bond acceptors (Lipinski definition) is 1. The summed E-state index contributed by atoms with van der Waals surface area (Å²) in [5, 5.41) is 0. The van der Waals surface area contributed by atoms with Crippen molar-refractivity contribution in [3.05, 3.63) is 29.6 Å². The van der Waals surface area contributed by atoms with Crippen molar-refractivity contribution < 1.29 is 9.13 Å². The van der Waals surface area contributed by atoms with E-state index in [4.69, 9.17) is 16.3 Å².